The van der Waals surface area contributed by atoms with E-state index in [1.807, 2.05) is 48.5 Å². The lowest BCUT2D eigenvalue weighted by Crippen LogP contribution is -2.28. The van der Waals surface area contributed by atoms with E-state index < -0.39 is 5.41 Å². The van der Waals surface area contributed by atoms with Crippen molar-refractivity contribution in [3.8, 4) is 51.2 Å². The zero-order valence-corrected chi connectivity index (χ0v) is 25.9. The van der Waals surface area contributed by atoms with Gasteiger partial charge in [-0.3, -0.25) is 4.57 Å². The molecule has 1 aliphatic carbocycles. The summed E-state index contributed by atoms with van der Waals surface area (Å²) in [6.45, 7) is 0. The lowest BCUT2D eigenvalue weighted by atomic mass is 9.67. The zero-order chi connectivity index (χ0) is 31.7. The molecule has 0 N–H and O–H groups in total. The predicted octanol–water partition coefficient (Wildman–Crippen LogP) is 11.0. The second-order valence-electron chi connectivity index (χ2n) is 12.3. The van der Waals surface area contributed by atoms with E-state index >= 15 is 0 Å². The van der Waals surface area contributed by atoms with Gasteiger partial charge in [-0.2, -0.15) is 0 Å². The fraction of sp³-hybridized carbons (Fsp3) is 0.0227. The quantitative estimate of drug-likeness (QED) is 0.197. The molecule has 0 radical (unpaired) electrons. The van der Waals surface area contributed by atoms with Crippen LogP contribution in [0.2, 0.25) is 0 Å². The summed E-state index contributed by atoms with van der Waals surface area (Å²) in [4.78, 5) is 5.06. The van der Waals surface area contributed by atoms with Crippen LogP contribution in [0.4, 0.5) is 0 Å². The van der Waals surface area contributed by atoms with Crippen molar-refractivity contribution in [2.75, 3.05) is 0 Å². The van der Waals surface area contributed by atoms with Crippen molar-refractivity contribution in [2.45, 2.75) is 5.41 Å². The fourth-order valence-corrected chi connectivity index (χ4v) is 7.75. The summed E-state index contributed by atoms with van der Waals surface area (Å²) in [6, 6.07) is 59.3. The SMILES string of the molecule is c1ccc(-c2nc3ccccc3n2-c2cccc3c2Oc2cc4c(cc2O3)C(c2ccccc2)(c2ccccc2)c2ccccc2-4)cc1. The average molecular weight is 617 g/mol. The molecular weight excluding hydrogens is 588 g/mol. The van der Waals surface area contributed by atoms with Crippen LogP contribution < -0.4 is 9.47 Å². The summed E-state index contributed by atoms with van der Waals surface area (Å²) in [7, 11) is 0. The Morgan fingerprint density at radius 1 is 0.479 bits per heavy atom. The molecule has 0 spiro atoms. The van der Waals surface area contributed by atoms with Crippen molar-refractivity contribution >= 4 is 11.0 Å². The van der Waals surface area contributed by atoms with Crippen LogP contribution in [-0.4, -0.2) is 9.55 Å². The summed E-state index contributed by atoms with van der Waals surface area (Å²) in [6.07, 6.45) is 0. The number of rotatable bonds is 4. The second-order valence-corrected chi connectivity index (χ2v) is 12.3. The summed E-state index contributed by atoms with van der Waals surface area (Å²) < 4.78 is 15.9. The number of imidazole rings is 1. The third-order valence-electron chi connectivity index (χ3n) is 9.75. The van der Waals surface area contributed by atoms with E-state index in [-0.39, 0.29) is 0 Å². The second kappa shape index (κ2) is 10.3. The van der Waals surface area contributed by atoms with Crippen molar-refractivity contribution in [3.63, 3.8) is 0 Å². The molecule has 0 bridgehead atoms. The van der Waals surface area contributed by atoms with Gasteiger partial charge in [-0.25, -0.2) is 4.98 Å². The molecule has 7 aromatic carbocycles. The monoisotopic (exact) mass is 616 g/mol. The smallest absolute Gasteiger partial charge is 0.194 e. The first-order valence-electron chi connectivity index (χ1n) is 16.2. The minimum Gasteiger partial charge on any atom is -0.449 e. The van der Waals surface area contributed by atoms with Crippen molar-refractivity contribution in [2.24, 2.45) is 0 Å². The Bertz CT molecular complexity index is 2460. The molecule has 0 unspecified atom stereocenters. The Morgan fingerprint density at radius 3 is 1.90 bits per heavy atom. The van der Waals surface area contributed by atoms with Gasteiger partial charge >= 0.3 is 0 Å². The van der Waals surface area contributed by atoms with E-state index in [0.717, 1.165) is 33.7 Å². The topological polar surface area (TPSA) is 36.3 Å². The van der Waals surface area contributed by atoms with E-state index in [1.54, 1.807) is 0 Å². The Kier molecular flexibility index (Phi) is 5.75. The lowest BCUT2D eigenvalue weighted by Gasteiger charge is -2.34. The molecular formula is C44H28N2O2. The number of nitrogens with zero attached hydrogens (tertiary/aromatic N) is 2. The Morgan fingerprint density at radius 2 is 1.12 bits per heavy atom. The molecule has 0 amide bonds. The van der Waals surface area contributed by atoms with Crippen molar-refractivity contribution < 1.29 is 9.47 Å². The number of hydrogen-bond donors (Lipinski definition) is 0. The molecule has 2 aliphatic rings. The Balaban J connectivity index is 1.19. The molecule has 10 rings (SSSR count). The Hall–Kier alpha value is -6.39. The number of ether oxygens (including phenoxy) is 2. The normalized spacial score (nSPS) is 13.5. The minimum atomic E-state index is -0.519. The molecule has 48 heavy (non-hydrogen) atoms. The number of hydrogen-bond acceptors (Lipinski definition) is 3. The van der Waals surface area contributed by atoms with E-state index in [0.29, 0.717) is 23.0 Å². The Labute approximate surface area is 278 Å². The standard InChI is InChI=1S/C44H28N2O2/c1-4-15-29(16-5-1)43-45-36-23-12-13-24-37(36)46(43)38-25-14-26-39-42(38)48-40-27-33-32-21-10-11-22-34(32)44(30-17-6-2-7-18-30,31-19-8-3-9-20-31)35(33)28-41(40)47-39/h1-28H. The first-order valence-corrected chi connectivity index (χ1v) is 16.2. The number of benzene rings is 7. The molecule has 0 saturated carbocycles. The summed E-state index contributed by atoms with van der Waals surface area (Å²) >= 11 is 0. The third-order valence-corrected chi connectivity index (χ3v) is 9.75. The van der Waals surface area contributed by atoms with Gasteiger partial charge in [-0.05, 0) is 69.8 Å². The highest BCUT2D eigenvalue weighted by molar-refractivity contribution is 5.89. The molecule has 8 aromatic rings. The maximum atomic E-state index is 6.92. The van der Waals surface area contributed by atoms with Crippen LogP contribution in [0.15, 0.2) is 170 Å². The molecule has 226 valence electrons. The van der Waals surface area contributed by atoms with E-state index in [1.165, 1.54) is 27.8 Å². The minimum absolute atomic E-state index is 0.519. The molecule has 0 atom stereocenters. The van der Waals surface area contributed by atoms with Gasteiger partial charge in [0.05, 0.1) is 22.1 Å². The van der Waals surface area contributed by atoms with E-state index in [9.17, 15) is 0 Å². The van der Waals surface area contributed by atoms with Gasteiger partial charge in [0, 0.05) is 5.56 Å². The zero-order valence-electron chi connectivity index (χ0n) is 25.9. The maximum absolute atomic E-state index is 6.92. The van der Waals surface area contributed by atoms with Crippen LogP contribution >= 0.6 is 0 Å². The van der Waals surface area contributed by atoms with E-state index in [2.05, 4.69) is 126 Å². The van der Waals surface area contributed by atoms with Crippen LogP contribution in [0.3, 0.4) is 0 Å². The molecule has 4 heteroatoms. The highest BCUT2D eigenvalue weighted by atomic mass is 16.6. The third kappa shape index (κ3) is 3.74. The average Bonchev–Trinajstić information content (AvgIpc) is 3.68. The molecule has 1 aromatic heterocycles. The number of aromatic nitrogens is 2. The maximum Gasteiger partial charge on any atom is 0.194 e. The molecule has 4 nitrogen and oxygen atoms in total. The summed E-state index contributed by atoms with van der Waals surface area (Å²) in [5.41, 5.74) is 10.5. The fourth-order valence-electron chi connectivity index (χ4n) is 7.75. The van der Waals surface area contributed by atoms with Crippen LogP contribution in [0.5, 0.6) is 23.0 Å². The lowest BCUT2D eigenvalue weighted by molar-refractivity contribution is 0.358. The van der Waals surface area contributed by atoms with Crippen LogP contribution in [-0.2, 0) is 5.41 Å². The predicted molar refractivity (Wildman–Crippen MR) is 190 cm³/mol. The van der Waals surface area contributed by atoms with Gasteiger partial charge in [0.2, 0.25) is 0 Å². The van der Waals surface area contributed by atoms with Gasteiger partial charge < -0.3 is 9.47 Å². The van der Waals surface area contributed by atoms with Crippen LogP contribution in [0.25, 0.3) is 39.2 Å². The molecule has 2 heterocycles. The van der Waals surface area contributed by atoms with Crippen LogP contribution in [0, 0.1) is 0 Å². The first-order chi connectivity index (χ1) is 23.8. The largest absolute Gasteiger partial charge is 0.449 e. The summed E-state index contributed by atoms with van der Waals surface area (Å²) in [5.74, 6) is 3.55. The highest BCUT2D eigenvalue weighted by Crippen LogP contribution is 2.60. The van der Waals surface area contributed by atoms with Crippen molar-refractivity contribution in [3.05, 3.63) is 192 Å². The van der Waals surface area contributed by atoms with Gasteiger partial charge in [0.1, 0.15) is 5.82 Å². The van der Waals surface area contributed by atoms with Crippen molar-refractivity contribution in [1.82, 2.24) is 9.55 Å². The number of para-hydroxylation sites is 3. The number of fused-ring (bicyclic) bond motifs is 6. The summed E-state index contributed by atoms with van der Waals surface area (Å²) in [5, 5.41) is 0. The van der Waals surface area contributed by atoms with E-state index in [4.69, 9.17) is 14.5 Å². The van der Waals surface area contributed by atoms with Crippen LogP contribution in [0.1, 0.15) is 22.3 Å². The van der Waals surface area contributed by atoms with Gasteiger partial charge in [0.25, 0.3) is 0 Å². The highest BCUT2D eigenvalue weighted by Gasteiger charge is 2.47. The molecule has 1 aliphatic heterocycles. The van der Waals surface area contributed by atoms with Gasteiger partial charge in [-0.15, -0.1) is 0 Å². The molecule has 0 fully saturated rings. The van der Waals surface area contributed by atoms with Gasteiger partial charge in [0.15, 0.2) is 23.0 Å². The molecule has 0 saturated heterocycles. The first kappa shape index (κ1) is 26.8. The van der Waals surface area contributed by atoms with Crippen molar-refractivity contribution in [1.29, 1.82) is 0 Å². The van der Waals surface area contributed by atoms with Gasteiger partial charge in [-0.1, -0.05) is 133 Å².